The van der Waals surface area contributed by atoms with Crippen molar-refractivity contribution >= 4 is 5.69 Å². The summed E-state index contributed by atoms with van der Waals surface area (Å²) in [7, 11) is 0. The van der Waals surface area contributed by atoms with E-state index in [-0.39, 0.29) is 18.7 Å². The van der Waals surface area contributed by atoms with Crippen LogP contribution in [0.1, 0.15) is 23.5 Å². The number of alkyl halides is 3. The van der Waals surface area contributed by atoms with E-state index in [0.717, 1.165) is 0 Å². The molecule has 0 spiro atoms. The van der Waals surface area contributed by atoms with Crippen LogP contribution < -0.4 is 5.32 Å². The average molecular weight is 304 g/mol. The van der Waals surface area contributed by atoms with Crippen LogP contribution in [0.4, 0.5) is 18.9 Å². The molecule has 1 aromatic carbocycles. The van der Waals surface area contributed by atoms with Crippen LogP contribution in [0.2, 0.25) is 0 Å². The first-order valence-electron chi connectivity index (χ1n) is 6.42. The Labute approximate surface area is 118 Å². The molecular formula is C13H15F3N2O3. The zero-order valence-corrected chi connectivity index (χ0v) is 11.2. The predicted octanol–water partition coefficient (Wildman–Crippen LogP) is 2.27. The third-order valence-corrected chi connectivity index (χ3v) is 3.77. The molecule has 21 heavy (non-hydrogen) atoms. The number of halogens is 3. The molecule has 2 N–H and O–H groups in total. The molecule has 1 saturated heterocycles. The zero-order chi connectivity index (χ0) is 15.8. The highest BCUT2D eigenvalue weighted by atomic mass is 19.4. The Kier molecular flexibility index (Phi) is 4.20. The van der Waals surface area contributed by atoms with E-state index in [2.05, 4.69) is 5.32 Å². The van der Waals surface area contributed by atoms with E-state index in [0.29, 0.717) is 11.1 Å². The number of nitrogens with one attached hydrogen (secondary N) is 1. The highest BCUT2D eigenvalue weighted by molar-refractivity contribution is 5.43. The lowest BCUT2D eigenvalue weighted by Gasteiger charge is -2.22. The van der Waals surface area contributed by atoms with Crippen molar-refractivity contribution in [3.63, 3.8) is 0 Å². The van der Waals surface area contributed by atoms with Gasteiger partial charge >= 0.3 is 6.18 Å². The number of hydrogen-bond acceptors (Lipinski definition) is 4. The van der Waals surface area contributed by atoms with Crippen LogP contribution in [0.15, 0.2) is 18.2 Å². The fourth-order valence-electron chi connectivity index (χ4n) is 2.77. The summed E-state index contributed by atoms with van der Waals surface area (Å²) in [5.41, 5.74) is 0.599. The Morgan fingerprint density at radius 3 is 2.62 bits per heavy atom. The minimum absolute atomic E-state index is 0.119. The third kappa shape index (κ3) is 3.16. The minimum atomic E-state index is -4.44. The lowest BCUT2D eigenvalue weighted by Crippen LogP contribution is -2.43. The number of aliphatic hydroxyl groups excluding tert-OH is 1. The largest absolute Gasteiger partial charge is 0.404 e. The van der Waals surface area contributed by atoms with Gasteiger partial charge in [-0.05, 0) is 25.0 Å². The number of nitro benzene ring substituents is 1. The van der Waals surface area contributed by atoms with E-state index in [1.165, 1.54) is 25.1 Å². The maximum Gasteiger partial charge on any atom is 0.404 e. The van der Waals surface area contributed by atoms with Gasteiger partial charge in [-0.3, -0.25) is 10.1 Å². The molecule has 0 aromatic heterocycles. The molecule has 1 aliphatic heterocycles. The Morgan fingerprint density at radius 2 is 2.14 bits per heavy atom. The highest BCUT2D eigenvalue weighted by Crippen LogP contribution is 2.40. The van der Waals surface area contributed by atoms with Crippen LogP contribution in [0.3, 0.4) is 0 Å². The van der Waals surface area contributed by atoms with Gasteiger partial charge in [0.05, 0.1) is 11.5 Å². The fraction of sp³-hybridized carbons (Fsp3) is 0.538. The Morgan fingerprint density at radius 1 is 1.48 bits per heavy atom. The smallest absolute Gasteiger partial charge is 0.395 e. The van der Waals surface area contributed by atoms with E-state index >= 15 is 0 Å². The van der Waals surface area contributed by atoms with Gasteiger partial charge in [0.25, 0.3) is 5.69 Å². The second-order valence-corrected chi connectivity index (χ2v) is 5.21. The highest BCUT2D eigenvalue weighted by Gasteiger charge is 2.50. The lowest BCUT2D eigenvalue weighted by atomic mass is 9.89. The average Bonchev–Trinajstić information content (AvgIpc) is 2.82. The third-order valence-electron chi connectivity index (χ3n) is 3.77. The topological polar surface area (TPSA) is 75.4 Å². The molecule has 1 unspecified atom stereocenters. The minimum Gasteiger partial charge on any atom is -0.395 e. The number of nitrogens with zero attached hydrogens (tertiary/aromatic N) is 1. The van der Waals surface area contributed by atoms with Crippen molar-refractivity contribution < 1.29 is 23.2 Å². The van der Waals surface area contributed by atoms with Crippen LogP contribution in [-0.2, 0) is 0 Å². The van der Waals surface area contributed by atoms with E-state index < -0.39 is 29.1 Å². The van der Waals surface area contributed by atoms with Crippen molar-refractivity contribution in [2.75, 3.05) is 6.61 Å². The molecule has 0 amide bonds. The van der Waals surface area contributed by atoms with Gasteiger partial charge in [0.1, 0.15) is 6.04 Å². The van der Waals surface area contributed by atoms with Crippen molar-refractivity contribution in [2.24, 2.45) is 0 Å². The number of hydrogen-bond donors (Lipinski definition) is 2. The number of aliphatic hydroxyl groups is 1. The molecule has 1 aromatic rings. The van der Waals surface area contributed by atoms with E-state index in [1.807, 2.05) is 0 Å². The van der Waals surface area contributed by atoms with Crippen molar-refractivity contribution in [1.82, 2.24) is 5.32 Å². The van der Waals surface area contributed by atoms with Crippen LogP contribution in [0.5, 0.6) is 0 Å². The summed E-state index contributed by atoms with van der Waals surface area (Å²) in [6.45, 7) is 1.12. The number of aryl methyl sites for hydroxylation is 1. The van der Waals surface area contributed by atoms with Crippen LogP contribution in [0, 0.1) is 17.0 Å². The van der Waals surface area contributed by atoms with Gasteiger partial charge in [-0.25, -0.2) is 0 Å². The molecule has 1 aliphatic rings. The molecule has 0 saturated carbocycles. The maximum atomic E-state index is 13.1. The van der Waals surface area contributed by atoms with Gasteiger partial charge in [0.2, 0.25) is 0 Å². The Balaban J connectivity index is 2.35. The molecule has 116 valence electrons. The summed E-state index contributed by atoms with van der Waals surface area (Å²) in [4.78, 5) is 10.2. The normalized spacial score (nSPS) is 26.0. The van der Waals surface area contributed by atoms with Gasteiger partial charge in [0.15, 0.2) is 0 Å². The summed E-state index contributed by atoms with van der Waals surface area (Å²) < 4.78 is 39.2. The van der Waals surface area contributed by atoms with Gasteiger partial charge in [-0.15, -0.1) is 0 Å². The number of nitro groups is 1. The predicted molar refractivity (Wildman–Crippen MR) is 69.0 cm³/mol. The van der Waals surface area contributed by atoms with Crippen LogP contribution in [-0.4, -0.2) is 34.9 Å². The summed E-state index contributed by atoms with van der Waals surface area (Å²) >= 11 is 0. The maximum absolute atomic E-state index is 13.1. The quantitative estimate of drug-likeness (QED) is 0.663. The second kappa shape index (κ2) is 5.61. The van der Waals surface area contributed by atoms with Crippen LogP contribution >= 0.6 is 0 Å². The van der Waals surface area contributed by atoms with Gasteiger partial charge in [-0.2, -0.15) is 13.2 Å². The summed E-state index contributed by atoms with van der Waals surface area (Å²) in [5.74, 6) is -0.860. The monoisotopic (exact) mass is 304 g/mol. The molecule has 1 fully saturated rings. The first kappa shape index (κ1) is 15.7. The Bertz CT molecular complexity index is 548. The standard InChI is InChI=1S/C13H15F3N2O3/c1-7-4-8(2-3-11(7)18(20)21)10-5-9(6-19)17-12(10)13(14,15)16/h2-4,9-10,12,17,19H,5-6H2,1H3/t9-,10?,12+/m0/s1. The van der Waals surface area contributed by atoms with Crippen LogP contribution in [0.25, 0.3) is 0 Å². The van der Waals surface area contributed by atoms with Crippen molar-refractivity contribution in [1.29, 1.82) is 0 Å². The summed E-state index contributed by atoms with van der Waals surface area (Å²) in [6, 6.07) is 1.62. The zero-order valence-electron chi connectivity index (χ0n) is 11.2. The summed E-state index contributed by atoms with van der Waals surface area (Å²) in [6.07, 6.45) is -4.30. The first-order valence-corrected chi connectivity index (χ1v) is 6.42. The van der Waals surface area contributed by atoms with Crippen molar-refractivity contribution in [3.05, 3.63) is 39.4 Å². The molecule has 1 heterocycles. The summed E-state index contributed by atoms with van der Waals surface area (Å²) in [5, 5.41) is 22.2. The second-order valence-electron chi connectivity index (χ2n) is 5.21. The first-order chi connectivity index (χ1) is 9.74. The van der Waals surface area contributed by atoms with E-state index in [4.69, 9.17) is 5.11 Å². The van der Waals surface area contributed by atoms with Crippen molar-refractivity contribution in [3.8, 4) is 0 Å². The molecule has 3 atom stereocenters. The number of rotatable bonds is 3. The molecule has 0 bridgehead atoms. The SMILES string of the molecule is Cc1cc(C2C[C@@H](CO)N[C@H]2C(F)(F)F)ccc1[N+](=O)[O-]. The molecule has 0 radical (unpaired) electrons. The Hall–Kier alpha value is -1.67. The molecule has 2 rings (SSSR count). The van der Waals surface area contributed by atoms with E-state index in [1.54, 1.807) is 0 Å². The fourth-order valence-corrected chi connectivity index (χ4v) is 2.77. The molecule has 0 aliphatic carbocycles. The molecule has 8 heteroatoms. The van der Waals surface area contributed by atoms with Gasteiger partial charge in [-0.1, -0.05) is 6.07 Å². The van der Waals surface area contributed by atoms with Gasteiger partial charge in [0, 0.05) is 23.6 Å². The number of benzene rings is 1. The lowest BCUT2D eigenvalue weighted by molar-refractivity contribution is -0.385. The molecular weight excluding hydrogens is 289 g/mol. The van der Waals surface area contributed by atoms with E-state index in [9.17, 15) is 23.3 Å². The van der Waals surface area contributed by atoms with Crippen molar-refractivity contribution in [2.45, 2.75) is 37.5 Å². The van der Waals surface area contributed by atoms with Gasteiger partial charge < -0.3 is 10.4 Å². The molecule has 5 nitrogen and oxygen atoms in total.